The molecule has 0 spiro atoms. The van der Waals surface area contributed by atoms with Crippen LogP contribution in [0.4, 0.5) is 13.2 Å². The summed E-state index contributed by atoms with van der Waals surface area (Å²) >= 11 is 0. The van der Waals surface area contributed by atoms with Gasteiger partial charge in [-0.05, 0) is 31.0 Å². The Kier molecular flexibility index (Phi) is 4.62. The highest BCUT2D eigenvalue weighted by Crippen LogP contribution is 2.37. The number of hydrogen-bond donors (Lipinski definition) is 1. The van der Waals surface area contributed by atoms with E-state index < -0.39 is 11.7 Å². The molecule has 102 valence electrons. The SMILES string of the molecule is COc1c(F)cc(C(C)(F)F)cc1C(C)CCN. The van der Waals surface area contributed by atoms with Crippen LogP contribution in [0.15, 0.2) is 12.1 Å². The highest BCUT2D eigenvalue weighted by Gasteiger charge is 2.28. The van der Waals surface area contributed by atoms with Gasteiger partial charge in [0.25, 0.3) is 5.92 Å². The molecular formula is C13H18F3NO. The van der Waals surface area contributed by atoms with Gasteiger partial charge in [0.2, 0.25) is 0 Å². The van der Waals surface area contributed by atoms with Crippen LogP contribution >= 0.6 is 0 Å². The van der Waals surface area contributed by atoms with Crippen molar-refractivity contribution in [2.75, 3.05) is 13.7 Å². The lowest BCUT2D eigenvalue weighted by molar-refractivity contribution is 0.0170. The van der Waals surface area contributed by atoms with Gasteiger partial charge in [-0.1, -0.05) is 6.92 Å². The van der Waals surface area contributed by atoms with E-state index in [0.717, 1.165) is 13.0 Å². The normalized spacial score (nSPS) is 13.5. The predicted molar refractivity (Wildman–Crippen MR) is 64.6 cm³/mol. The van der Waals surface area contributed by atoms with Crippen molar-refractivity contribution in [3.05, 3.63) is 29.1 Å². The van der Waals surface area contributed by atoms with Crippen LogP contribution in [0.3, 0.4) is 0 Å². The van der Waals surface area contributed by atoms with E-state index in [1.165, 1.54) is 13.2 Å². The number of rotatable bonds is 5. The van der Waals surface area contributed by atoms with Crippen LogP contribution in [-0.2, 0) is 5.92 Å². The van der Waals surface area contributed by atoms with Crippen molar-refractivity contribution >= 4 is 0 Å². The molecule has 0 amide bonds. The molecule has 1 aromatic carbocycles. The minimum Gasteiger partial charge on any atom is -0.493 e. The lowest BCUT2D eigenvalue weighted by Gasteiger charge is -2.19. The third kappa shape index (κ3) is 3.16. The highest BCUT2D eigenvalue weighted by molar-refractivity contribution is 5.42. The molecule has 1 rings (SSSR count). The minimum absolute atomic E-state index is 0.0175. The van der Waals surface area contributed by atoms with Crippen LogP contribution in [-0.4, -0.2) is 13.7 Å². The Morgan fingerprint density at radius 3 is 2.44 bits per heavy atom. The van der Waals surface area contributed by atoms with Gasteiger partial charge in [-0.3, -0.25) is 0 Å². The largest absolute Gasteiger partial charge is 0.493 e. The van der Waals surface area contributed by atoms with Gasteiger partial charge in [-0.25, -0.2) is 13.2 Å². The lowest BCUT2D eigenvalue weighted by Crippen LogP contribution is -2.12. The number of benzene rings is 1. The average Bonchev–Trinajstić information content (AvgIpc) is 2.27. The maximum Gasteiger partial charge on any atom is 0.270 e. The van der Waals surface area contributed by atoms with Gasteiger partial charge < -0.3 is 10.5 Å². The molecule has 0 heterocycles. The molecule has 1 unspecified atom stereocenters. The van der Waals surface area contributed by atoms with E-state index in [1.807, 2.05) is 6.92 Å². The maximum absolute atomic E-state index is 13.8. The summed E-state index contributed by atoms with van der Waals surface area (Å²) < 4.78 is 45.2. The minimum atomic E-state index is -3.08. The maximum atomic E-state index is 13.8. The van der Waals surface area contributed by atoms with Crippen LogP contribution in [0, 0.1) is 5.82 Å². The first-order chi connectivity index (χ1) is 8.31. The zero-order chi connectivity index (χ0) is 13.9. The van der Waals surface area contributed by atoms with Gasteiger partial charge >= 0.3 is 0 Å². The molecule has 18 heavy (non-hydrogen) atoms. The summed E-state index contributed by atoms with van der Waals surface area (Å²) in [5, 5.41) is 0. The summed E-state index contributed by atoms with van der Waals surface area (Å²) in [4.78, 5) is 0. The molecule has 0 aliphatic rings. The van der Waals surface area contributed by atoms with Crippen LogP contribution in [0.2, 0.25) is 0 Å². The molecule has 2 nitrogen and oxygen atoms in total. The first-order valence-electron chi connectivity index (χ1n) is 5.77. The molecule has 0 saturated carbocycles. The average molecular weight is 261 g/mol. The predicted octanol–water partition coefficient (Wildman–Crippen LogP) is 3.40. The quantitative estimate of drug-likeness (QED) is 0.881. The zero-order valence-electron chi connectivity index (χ0n) is 10.8. The molecule has 0 fully saturated rings. The second kappa shape index (κ2) is 5.61. The Hall–Kier alpha value is -1.23. The molecule has 0 aliphatic heterocycles. The standard InChI is InChI=1S/C13H18F3NO/c1-8(4-5-17)10-6-9(13(2,15)16)7-11(14)12(10)18-3/h6-8H,4-5,17H2,1-3H3. The fraction of sp³-hybridized carbons (Fsp3) is 0.538. The van der Waals surface area contributed by atoms with Gasteiger partial charge in [-0.2, -0.15) is 0 Å². The van der Waals surface area contributed by atoms with Crippen molar-refractivity contribution in [1.82, 2.24) is 0 Å². The number of alkyl halides is 2. The topological polar surface area (TPSA) is 35.2 Å². The Balaban J connectivity index is 3.32. The van der Waals surface area contributed by atoms with Crippen molar-refractivity contribution in [3.8, 4) is 5.75 Å². The molecule has 1 aromatic rings. The smallest absolute Gasteiger partial charge is 0.270 e. The molecule has 0 radical (unpaired) electrons. The van der Waals surface area contributed by atoms with Gasteiger partial charge in [0.1, 0.15) is 0 Å². The third-order valence-corrected chi connectivity index (χ3v) is 2.91. The Labute approximate surface area is 105 Å². The molecule has 0 aliphatic carbocycles. The second-order valence-electron chi connectivity index (χ2n) is 4.45. The molecule has 0 bridgehead atoms. The van der Waals surface area contributed by atoms with Crippen LogP contribution in [0.25, 0.3) is 0 Å². The van der Waals surface area contributed by atoms with E-state index in [4.69, 9.17) is 10.5 Å². The Bertz CT molecular complexity index is 415. The van der Waals surface area contributed by atoms with Gasteiger partial charge in [0.15, 0.2) is 11.6 Å². The molecule has 5 heteroatoms. The summed E-state index contributed by atoms with van der Waals surface area (Å²) in [5.41, 5.74) is 5.52. The lowest BCUT2D eigenvalue weighted by atomic mass is 9.93. The fourth-order valence-corrected chi connectivity index (χ4v) is 1.86. The van der Waals surface area contributed by atoms with E-state index in [1.54, 1.807) is 0 Å². The summed E-state index contributed by atoms with van der Waals surface area (Å²) in [6, 6.07) is 2.11. The first kappa shape index (κ1) is 14.8. The monoisotopic (exact) mass is 261 g/mol. The number of methoxy groups -OCH3 is 1. The van der Waals surface area contributed by atoms with Crippen molar-refractivity contribution < 1.29 is 17.9 Å². The summed E-state index contributed by atoms with van der Waals surface area (Å²) in [5.74, 6) is -3.97. The second-order valence-corrected chi connectivity index (χ2v) is 4.45. The van der Waals surface area contributed by atoms with Crippen molar-refractivity contribution in [2.24, 2.45) is 5.73 Å². The van der Waals surface area contributed by atoms with Crippen LogP contribution in [0.5, 0.6) is 5.75 Å². The van der Waals surface area contributed by atoms with Crippen molar-refractivity contribution in [1.29, 1.82) is 0 Å². The molecular weight excluding hydrogens is 243 g/mol. The molecule has 0 saturated heterocycles. The van der Waals surface area contributed by atoms with E-state index in [-0.39, 0.29) is 17.2 Å². The molecule has 0 aromatic heterocycles. The summed E-state index contributed by atoms with van der Waals surface area (Å²) in [6.07, 6.45) is 0.578. The summed E-state index contributed by atoms with van der Waals surface area (Å²) in [7, 11) is 1.32. The van der Waals surface area contributed by atoms with Gasteiger partial charge in [0, 0.05) is 18.1 Å². The van der Waals surface area contributed by atoms with Crippen LogP contribution < -0.4 is 10.5 Å². The molecule has 2 N–H and O–H groups in total. The Morgan fingerprint density at radius 2 is 2.00 bits per heavy atom. The van der Waals surface area contributed by atoms with Gasteiger partial charge in [-0.15, -0.1) is 0 Å². The van der Waals surface area contributed by atoms with E-state index in [0.29, 0.717) is 18.5 Å². The Morgan fingerprint density at radius 1 is 1.39 bits per heavy atom. The number of ether oxygens (including phenoxy) is 1. The number of halogens is 3. The van der Waals surface area contributed by atoms with Crippen molar-refractivity contribution in [3.63, 3.8) is 0 Å². The fourth-order valence-electron chi connectivity index (χ4n) is 1.86. The molecule has 1 atom stereocenters. The van der Waals surface area contributed by atoms with E-state index in [9.17, 15) is 13.2 Å². The van der Waals surface area contributed by atoms with Crippen molar-refractivity contribution in [2.45, 2.75) is 32.1 Å². The third-order valence-electron chi connectivity index (χ3n) is 2.91. The number of hydrogen-bond acceptors (Lipinski definition) is 2. The number of nitrogens with two attached hydrogens (primary N) is 1. The first-order valence-corrected chi connectivity index (χ1v) is 5.77. The van der Waals surface area contributed by atoms with E-state index in [2.05, 4.69) is 0 Å². The summed E-state index contributed by atoms with van der Waals surface area (Å²) in [6.45, 7) is 2.95. The highest BCUT2D eigenvalue weighted by atomic mass is 19.3. The van der Waals surface area contributed by atoms with Gasteiger partial charge in [0.05, 0.1) is 7.11 Å². The van der Waals surface area contributed by atoms with E-state index >= 15 is 0 Å². The zero-order valence-corrected chi connectivity index (χ0v) is 10.8. The van der Waals surface area contributed by atoms with Crippen LogP contribution in [0.1, 0.15) is 37.3 Å².